The Kier molecular flexibility index (Phi) is 3.72. The van der Waals surface area contributed by atoms with E-state index < -0.39 is 0 Å². The van der Waals surface area contributed by atoms with E-state index in [9.17, 15) is 0 Å². The summed E-state index contributed by atoms with van der Waals surface area (Å²) >= 11 is 1.76. The molecule has 3 nitrogen and oxygen atoms in total. The molecular formula is C11H19N3S. The molecule has 0 aromatic carbocycles. The summed E-state index contributed by atoms with van der Waals surface area (Å²) in [6.45, 7) is 7.95. The summed E-state index contributed by atoms with van der Waals surface area (Å²) in [4.78, 5) is 6.88. The number of aromatic nitrogens is 1. The Morgan fingerprint density at radius 3 is 3.20 bits per heavy atom. The van der Waals surface area contributed by atoms with Crippen molar-refractivity contribution >= 4 is 11.3 Å². The zero-order chi connectivity index (χ0) is 10.7. The van der Waals surface area contributed by atoms with Crippen LogP contribution in [0.25, 0.3) is 0 Å². The van der Waals surface area contributed by atoms with Gasteiger partial charge in [-0.15, -0.1) is 11.3 Å². The van der Waals surface area contributed by atoms with Crippen LogP contribution in [-0.4, -0.2) is 41.6 Å². The molecule has 0 aliphatic carbocycles. The normalized spacial score (nSPS) is 28.1. The van der Waals surface area contributed by atoms with Crippen LogP contribution in [0.15, 0.2) is 11.6 Å². The van der Waals surface area contributed by atoms with E-state index in [0.717, 1.165) is 26.1 Å². The molecule has 2 heterocycles. The quantitative estimate of drug-likeness (QED) is 0.842. The van der Waals surface area contributed by atoms with Gasteiger partial charge in [-0.1, -0.05) is 0 Å². The lowest BCUT2D eigenvalue weighted by Crippen LogP contribution is -2.54. The first kappa shape index (κ1) is 11.0. The third-order valence-electron chi connectivity index (χ3n) is 2.99. The fourth-order valence-corrected chi connectivity index (χ4v) is 2.63. The summed E-state index contributed by atoms with van der Waals surface area (Å²) in [6, 6.07) is 1.28. The van der Waals surface area contributed by atoms with E-state index in [4.69, 9.17) is 0 Å². The van der Waals surface area contributed by atoms with Crippen LogP contribution in [0.2, 0.25) is 0 Å². The molecule has 84 valence electrons. The van der Waals surface area contributed by atoms with Gasteiger partial charge < -0.3 is 5.32 Å². The second-order valence-electron chi connectivity index (χ2n) is 4.33. The van der Waals surface area contributed by atoms with Gasteiger partial charge >= 0.3 is 0 Å². The maximum atomic E-state index is 4.32. The predicted octanol–water partition coefficient (Wildman–Crippen LogP) is 1.37. The van der Waals surface area contributed by atoms with Gasteiger partial charge in [0.05, 0.1) is 5.01 Å². The van der Waals surface area contributed by atoms with Gasteiger partial charge in [0.1, 0.15) is 0 Å². The van der Waals surface area contributed by atoms with E-state index in [2.05, 4.69) is 34.4 Å². The second-order valence-corrected chi connectivity index (χ2v) is 5.31. The number of hydrogen-bond donors (Lipinski definition) is 1. The fourth-order valence-electron chi connectivity index (χ4n) is 2.02. The maximum Gasteiger partial charge on any atom is 0.0937 e. The molecule has 2 rings (SSSR count). The average molecular weight is 225 g/mol. The summed E-state index contributed by atoms with van der Waals surface area (Å²) < 4.78 is 0. The molecule has 1 aliphatic heterocycles. The van der Waals surface area contributed by atoms with Crippen molar-refractivity contribution in [3.8, 4) is 0 Å². The first-order valence-electron chi connectivity index (χ1n) is 5.61. The number of piperazine rings is 1. The van der Waals surface area contributed by atoms with Crippen LogP contribution in [0.1, 0.15) is 18.9 Å². The zero-order valence-electron chi connectivity index (χ0n) is 9.44. The molecule has 1 N–H and O–H groups in total. The minimum atomic E-state index is 0.623. The van der Waals surface area contributed by atoms with E-state index in [1.54, 1.807) is 11.3 Å². The van der Waals surface area contributed by atoms with Crippen LogP contribution >= 0.6 is 11.3 Å². The van der Waals surface area contributed by atoms with Crippen LogP contribution < -0.4 is 5.32 Å². The second kappa shape index (κ2) is 5.05. The highest BCUT2D eigenvalue weighted by Crippen LogP contribution is 2.10. The number of nitrogens with one attached hydrogen (secondary N) is 1. The third-order valence-corrected chi connectivity index (χ3v) is 3.83. The first-order chi connectivity index (χ1) is 7.25. The number of hydrogen-bond acceptors (Lipinski definition) is 4. The highest BCUT2D eigenvalue weighted by Gasteiger charge is 2.21. The molecule has 0 radical (unpaired) electrons. The molecule has 1 aliphatic rings. The molecular weight excluding hydrogens is 206 g/mol. The minimum absolute atomic E-state index is 0.623. The zero-order valence-corrected chi connectivity index (χ0v) is 10.3. The molecule has 0 spiro atoms. The van der Waals surface area contributed by atoms with Gasteiger partial charge in [-0.2, -0.15) is 0 Å². The number of thiazole rings is 1. The molecule has 2 atom stereocenters. The van der Waals surface area contributed by atoms with Gasteiger partial charge in [-0.3, -0.25) is 4.90 Å². The predicted molar refractivity (Wildman–Crippen MR) is 64.3 cm³/mol. The van der Waals surface area contributed by atoms with Crippen molar-refractivity contribution in [2.75, 3.05) is 19.6 Å². The van der Waals surface area contributed by atoms with Gasteiger partial charge in [0, 0.05) is 49.7 Å². The third kappa shape index (κ3) is 3.00. The molecule has 4 heteroatoms. The van der Waals surface area contributed by atoms with Crippen LogP contribution in [0.4, 0.5) is 0 Å². The average Bonchev–Trinajstić information content (AvgIpc) is 2.72. The molecule has 2 unspecified atom stereocenters. The molecule has 0 amide bonds. The number of rotatable bonds is 3. The van der Waals surface area contributed by atoms with E-state index in [1.165, 1.54) is 5.01 Å². The van der Waals surface area contributed by atoms with E-state index >= 15 is 0 Å². The standard InChI is InChI=1S/C11H19N3S/c1-9-8-14(10(2)7-13-9)5-3-11-12-4-6-15-11/h4,6,9-10,13H,3,5,7-8H2,1-2H3. The van der Waals surface area contributed by atoms with Crippen LogP contribution in [-0.2, 0) is 6.42 Å². The lowest BCUT2D eigenvalue weighted by Gasteiger charge is -2.37. The van der Waals surface area contributed by atoms with Crippen LogP contribution in [0.5, 0.6) is 0 Å². The summed E-state index contributed by atoms with van der Waals surface area (Å²) in [7, 11) is 0. The Labute approximate surface area is 95.5 Å². The Balaban J connectivity index is 1.82. The van der Waals surface area contributed by atoms with E-state index in [-0.39, 0.29) is 0 Å². The van der Waals surface area contributed by atoms with Gasteiger partial charge in [-0.05, 0) is 13.8 Å². The SMILES string of the molecule is CC1CN(CCc2nccs2)C(C)CN1. The molecule has 1 saturated heterocycles. The lowest BCUT2D eigenvalue weighted by molar-refractivity contribution is 0.148. The summed E-state index contributed by atoms with van der Waals surface area (Å²) in [5.41, 5.74) is 0. The largest absolute Gasteiger partial charge is 0.311 e. The monoisotopic (exact) mass is 225 g/mol. The Hall–Kier alpha value is -0.450. The first-order valence-corrected chi connectivity index (χ1v) is 6.49. The summed E-state index contributed by atoms with van der Waals surface area (Å²) in [6.07, 6.45) is 2.98. The Bertz CT molecular complexity index is 286. The molecule has 1 fully saturated rings. The van der Waals surface area contributed by atoms with Gasteiger partial charge in [-0.25, -0.2) is 4.98 Å². The van der Waals surface area contributed by atoms with Gasteiger partial charge in [0.2, 0.25) is 0 Å². The maximum absolute atomic E-state index is 4.32. The smallest absolute Gasteiger partial charge is 0.0937 e. The highest BCUT2D eigenvalue weighted by molar-refractivity contribution is 7.09. The summed E-state index contributed by atoms with van der Waals surface area (Å²) in [5, 5.41) is 6.81. The Morgan fingerprint density at radius 2 is 2.47 bits per heavy atom. The number of nitrogens with zero attached hydrogens (tertiary/aromatic N) is 2. The molecule has 15 heavy (non-hydrogen) atoms. The minimum Gasteiger partial charge on any atom is -0.311 e. The molecule has 1 aromatic heterocycles. The summed E-state index contributed by atoms with van der Waals surface area (Å²) in [5.74, 6) is 0. The highest BCUT2D eigenvalue weighted by atomic mass is 32.1. The van der Waals surface area contributed by atoms with E-state index in [1.807, 2.05) is 6.20 Å². The van der Waals surface area contributed by atoms with Crippen molar-refractivity contribution in [2.45, 2.75) is 32.4 Å². The molecule has 0 bridgehead atoms. The van der Waals surface area contributed by atoms with Crippen LogP contribution in [0, 0.1) is 0 Å². The van der Waals surface area contributed by atoms with Gasteiger partial charge in [0.15, 0.2) is 0 Å². The van der Waals surface area contributed by atoms with Crippen molar-refractivity contribution in [1.82, 2.24) is 15.2 Å². The molecule has 0 saturated carbocycles. The van der Waals surface area contributed by atoms with Crippen molar-refractivity contribution in [1.29, 1.82) is 0 Å². The van der Waals surface area contributed by atoms with Crippen molar-refractivity contribution in [2.24, 2.45) is 0 Å². The Morgan fingerprint density at radius 1 is 1.60 bits per heavy atom. The van der Waals surface area contributed by atoms with Crippen molar-refractivity contribution in [3.05, 3.63) is 16.6 Å². The van der Waals surface area contributed by atoms with Gasteiger partial charge in [0.25, 0.3) is 0 Å². The molecule has 1 aromatic rings. The van der Waals surface area contributed by atoms with Crippen molar-refractivity contribution in [3.63, 3.8) is 0 Å². The lowest BCUT2D eigenvalue weighted by atomic mass is 10.1. The fraction of sp³-hybridized carbons (Fsp3) is 0.727. The van der Waals surface area contributed by atoms with Crippen molar-refractivity contribution < 1.29 is 0 Å². The van der Waals surface area contributed by atoms with E-state index in [0.29, 0.717) is 12.1 Å². The van der Waals surface area contributed by atoms with Crippen LogP contribution in [0.3, 0.4) is 0 Å². The topological polar surface area (TPSA) is 28.2 Å².